The van der Waals surface area contributed by atoms with E-state index in [9.17, 15) is 9.32 Å². The molecule has 0 aliphatic carbocycles. The van der Waals surface area contributed by atoms with Crippen LogP contribution in [0, 0.1) is 5.92 Å². The number of hydrogen-bond acceptors (Lipinski definition) is 6. The van der Waals surface area contributed by atoms with Gasteiger partial charge in [0.05, 0.1) is 6.61 Å². The van der Waals surface area contributed by atoms with Crippen LogP contribution in [-0.2, 0) is 10.8 Å². The Morgan fingerprint density at radius 1 is 1.06 bits per heavy atom. The van der Waals surface area contributed by atoms with Gasteiger partial charge in [0.2, 0.25) is 0 Å². The first-order chi connectivity index (χ1) is 15.9. The zero-order valence-electron chi connectivity index (χ0n) is 19.9. The number of nitrogens with zero attached hydrogens (tertiary/aromatic N) is 2. The number of likely N-dealkylation sites (tertiary alicyclic amines) is 1. The molecule has 0 radical (unpaired) electrons. The average Bonchev–Trinajstić information content (AvgIpc) is 3.48. The molecule has 2 fully saturated rings. The topological polar surface area (TPSA) is 65.0 Å². The van der Waals surface area contributed by atoms with Gasteiger partial charge in [-0.3, -0.25) is 9.11 Å². The van der Waals surface area contributed by atoms with Crippen molar-refractivity contribution in [2.24, 2.45) is 5.92 Å². The zero-order chi connectivity index (χ0) is 23.4. The molecule has 0 spiro atoms. The van der Waals surface area contributed by atoms with Gasteiger partial charge in [0, 0.05) is 64.9 Å². The highest BCUT2D eigenvalue weighted by atomic mass is 32.2. The van der Waals surface area contributed by atoms with Crippen molar-refractivity contribution in [2.45, 2.75) is 44.2 Å². The first kappa shape index (κ1) is 24.0. The number of aliphatic hydroxyl groups is 1. The summed E-state index contributed by atoms with van der Waals surface area (Å²) in [5, 5.41) is 14.1. The van der Waals surface area contributed by atoms with E-state index in [-0.39, 0.29) is 0 Å². The van der Waals surface area contributed by atoms with Gasteiger partial charge in [-0.05, 0) is 61.7 Å². The van der Waals surface area contributed by atoms with Crippen molar-refractivity contribution in [1.82, 2.24) is 4.90 Å². The molecular weight excluding hydrogens is 434 g/mol. The van der Waals surface area contributed by atoms with Crippen LogP contribution >= 0.6 is 0 Å². The minimum atomic E-state index is -0.779. The van der Waals surface area contributed by atoms with E-state index in [1.807, 2.05) is 42.7 Å². The Hall–Kier alpha value is -2.09. The smallest absolute Gasteiger partial charge is 0.150 e. The second kappa shape index (κ2) is 10.9. The zero-order valence-corrected chi connectivity index (χ0v) is 20.8. The Balaban J connectivity index is 1.28. The first-order valence-electron chi connectivity index (χ1n) is 12.0. The Bertz CT molecular complexity index is 919. The van der Waals surface area contributed by atoms with Crippen molar-refractivity contribution in [2.75, 3.05) is 49.3 Å². The standard InChI is InChI=1S/C26H37N3O3S/c1-19(2)18-32-24-10-4-20(5-11-24)26(30)27-21-6-8-22(9-7-21)28-14-12-23(16-28)29-15-13-25(17-29)33(3)31/h4-11,19,23,25-27,30H,12-18H2,1-3H3. The van der Waals surface area contributed by atoms with Crippen molar-refractivity contribution in [3.63, 3.8) is 0 Å². The summed E-state index contributed by atoms with van der Waals surface area (Å²) in [7, 11) is -0.721. The molecule has 4 atom stereocenters. The average molecular weight is 472 g/mol. The van der Waals surface area contributed by atoms with Crippen molar-refractivity contribution >= 4 is 22.2 Å². The largest absolute Gasteiger partial charge is 0.493 e. The lowest BCUT2D eigenvalue weighted by Crippen LogP contribution is -2.36. The molecule has 33 heavy (non-hydrogen) atoms. The van der Waals surface area contributed by atoms with Gasteiger partial charge in [-0.2, -0.15) is 0 Å². The SMILES string of the molecule is CC(C)COc1ccc(C(O)Nc2ccc(N3CCC(N4CCC(S(C)=O)C4)C3)cc2)cc1. The molecule has 6 nitrogen and oxygen atoms in total. The van der Waals surface area contributed by atoms with E-state index in [4.69, 9.17) is 4.74 Å². The van der Waals surface area contributed by atoms with Gasteiger partial charge in [0.1, 0.15) is 5.75 Å². The lowest BCUT2D eigenvalue weighted by molar-refractivity contribution is 0.208. The maximum absolute atomic E-state index is 11.8. The molecule has 2 aliphatic rings. The van der Waals surface area contributed by atoms with Crippen LogP contribution in [0.3, 0.4) is 0 Å². The van der Waals surface area contributed by atoms with Gasteiger partial charge in [0.15, 0.2) is 6.23 Å². The van der Waals surface area contributed by atoms with Crippen LogP contribution < -0.4 is 15.0 Å². The highest BCUT2D eigenvalue weighted by molar-refractivity contribution is 7.84. The predicted molar refractivity (Wildman–Crippen MR) is 136 cm³/mol. The molecule has 2 saturated heterocycles. The van der Waals surface area contributed by atoms with E-state index in [2.05, 4.69) is 41.1 Å². The molecule has 2 aromatic carbocycles. The molecule has 0 aromatic heterocycles. The molecule has 7 heteroatoms. The maximum Gasteiger partial charge on any atom is 0.150 e. The molecule has 180 valence electrons. The van der Waals surface area contributed by atoms with Crippen LogP contribution in [0.4, 0.5) is 11.4 Å². The third kappa shape index (κ3) is 6.28. The summed E-state index contributed by atoms with van der Waals surface area (Å²) in [4.78, 5) is 4.95. The number of anilines is 2. The normalized spacial score (nSPS) is 23.1. The van der Waals surface area contributed by atoms with E-state index in [1.165, 1.54) is 5.69 Å². The molecule has 0 amide bonds. The Morgan fingerprint density at radius 3 is 2.42 bits per heavy atom. The molecule has 0 bridgehead atoms. The summed E-state index contributed by atoms with van der Waals surface area (Å²) in [6, 6.07) is 16.4. The fourth-order valence-corrected chi connectivity index (χ4v) is 5.49. The van der Waals surface area contributed by atoms with Gasteiger partial charge < -0.3 is 20.1 Å². The van der Waals surface area contributed by atoms with Crippen LogP contribution in [0.2, 0.25) is 0 Å². The Labute approximate surface area is 200 Å². The molecule has 2 aliphatic heterocycles. The highest BCUT2D eigenvalue weighted by Crippen LogP contribution is 2.28. The summed E-state index contributed by atoms with van der Waals surface area (Å²) in [5.41, 5.74) is 2.89. The van der Waals surface area contributed by atoms with Crippen molar-refractivity contribution in [1.29, 1.82) is 0 Å². The van der Waals surface area contributed by atoms with E-state index < -0.39 is 17.0 Å². The van der Waals surface area contributed by atoms with Crippen molar-refractivity contribution in [3.05, 3.63) is 54.1 Å². The second-order valence-corrected chi connectivity index (χ2v) is 11.3. The number of rotatable bonds is 9. The summed E-state index contributed by atoms with van der Waals surface area (Å²) < 4.78 is 17.5. The lowest BCUT2D eigenvalue weighted by atomic mass is 10.1. The van der Waals surface area contributed by atoms with Crippen molar-refractivity contribution < 1.29 is 14.1 Å². The fourth-order valence-electron chi connectivity index (χ4n) is 4.65. The minimum absolute atomic E-state index is 0.333. The number of benzene rings is 2. The third-order valence-electron chi connectivity index (χ3n) is 6.64. The number of aliphatic hydroxyl groups excluding tert-OH is 1. The van der Waals surface area contributed by atoms with Crippen LogP contribution in [0.1, 0.15) is 38.5 Å². The molecule has 2 aromatic rings. The molecular formula is C26H37N3O3S. The van der Waals surface area contributed by atoms with Crippen LogP contribution in [0.15, 0.2) is 48.5 Å². The van der Waals surface area contributed by atoms with E-state index in [1.54, 1.807) is 0 Å². The molecule has 4 unspecified atom stereocenters. The van der Waals surface area contributed by atoms with Gasteiger partial charge in [-0.25, -0.2) is 0 Å². The Morgan fingerprint density at radius 2 is 1.79 bits per heavy atom. The van der Waals surface area contributed by atoms with Crippen LogP contribution in [0.5, 0.6) is 5.75 Å². The molecule has 4 rings (SSSR count). The second-order valence-electron chi connectivity index (χ2n) is 9.66. The minimum Gasteiger partial charge on any atom is -0.493 e. The summed E-state index contributed by atoms with van der Waals surface area (Å²) in [6.07, 6.45) is 3.26. The highest BCUT2D eigenvalue weighted by Gasteiger charge is 2.34. The Kier molecular flexibility index (Phi) is 7.94. The molecule has 2 N–H and O–H groups in total. The van der Waals surface area contributed by atoms with Gasteiger partial charge >= 0.3 is 0 Å². The number of ether oxygens (including phenoxy) is 1. The van der Waals surface area contributed by atoms with Gasteiger partial charge in [0.25, 0.3) is 0 Å². The maximum atomic E-state index is 11.8. The van der Waals surface area contributed by atoms with Crippen LogP contribution in [-0.4, -0.2) is 64.5 Å². The van der Waals surface area contributed by atoms with Gasteiger partial charge in [-0.15, -0.1) is 0 Å². The summed E-state index contributed by atoms with van der Waals surface area (Å²) in [5.74, 6) is 1.30. The van der Waals surface area contributed by atoms with E-state index in [0.29, 0.717) is 23.8 Å². The van der Waals surface area contributed by atoms with Crippen LogP contribution in [0.25, 0.3) is 0 Å². The summed E-state index contributed by atoms with van der Waals surface area (Å²) in [6.45, 7) is 9.01. The fraction of sp³-hybridized carbons (Fsp3) is 0.538. The van der Waals surface area contributed by atoms with E-state index in [0.717, 1.165) is 56.0 Å². The van der Waals surface area contributed by atoms with E-state index >= 15 is 0 Å². The monoisotopic (exact) mass is 471 g/mol. The lowest BCUT2D eigenvalue weighted by Gasteiger charge is -2.25. The summed E-state index contributed by atoms with van der Waals surface area (Å²) >= 11 is 0. The quantitative estimate of drug-likeness (QED) is 0.542. The predicted octanol–water partition coefficient (Wildman–Crippen LogP) is 3.86. The van der Waals surface area contributed by atoms with Crippen molar-refractivity contribution in [3.8, 4) is 5.75 Å². The number of hydrogen-bond donors (Lipinski definition) is 2. The first-order valence-corrected chi connectivity index (χ1v) is 13.6. The number of nitrogens with one attached hydrogen (secondary N) is 1. The molecule has 0 saturated carbocycles. The molecule has 2 heterocycles. The third-order valence-corrected chi connectivity index (χ3v) is 7.96. The van der Waals surface area contributed by atoms with Gasteiger partial charge in [-0.1, -0.05) is 26.0 Å².